The second-order valence-electron chi connectivity index (χ2n) is 6.47. The second kappa shape index (κ2) is 8.50. The summed E-state index contributed by atoms with van der Waals surface area (Å²) in [7, 11) is 2.98. The Morgan fingerprint density at radius 3 is 2.66 bits per heavy atom. The lowest BCUT2D eigenvalue weighted by Gasteiger charge is -2.15. The molecule has 10 heteroatoms. The van der Waals surface area contributed by atoms with Crippen LogP contribution in [0.5, 0.6) is 0 Å². The third kappa shape index (κ3) is 4.66. The molecule has 0 aliphatic heterocycles. The van der Waals surface area contributed by atoms with Gasteiger partial charge in [-0.05, 0) is 43.8 Å². The van der Waals surface area contributed by atoms with Crippen molar-refractivity contribution in [3.05, 3.63) is 56.7 Å². The van der Waals surface area contributed by atoms with E-state index in [0.717, 1.165) is 11.3 Å². The number of halogens is 1. The molecule has 0 atom stereocenters. The van der Waals surface area contributed by atoms with E-state index in [-0.39, 0.29) is 30.4 Å². The van der Waals surface area contributed by atoms with Crippen LogP contribution in [0.3, 0.4) is 0 Å². The quantitative estimate of drug-likeness (QED) is 0.595. The summed E-state index contributed by atoms with van der Waals surface area (Å²) in [5, 5.41) is 3.02. The number of fused-ring (bicyclic) bond motifs is 1. The first-order valence-corrected chi connectivity index (χ1v) is 9.44. The van der Waals surface area contributed by atoms with Gasteiger partial charge >= 0.3 is 5.97 Å². The van der Waals surface area contributed by atoms with Crippen LogP contribution < -0.4 is 10.9 Å². The number of H-pyrrole nitrogens is 1. The molecule has 8 nitrogen and oxygen atoms in total. The normalized spacial score (nSPS) is 11.1. The van der Waals surface area contributed by atoms with E-state index in [2.05, 4.69) is 15.3 Å². The highest BCUT2D eigenvalue weighted by Crippen LogP contribution is 2.27. The summed E-state index contributed by atoms with van der Waals surface area (Å²) in [5.41, 5.74) is 0.671. The van der Waals surface area contributed by atoms with Crippen LogP contribution in [0.15, 0.2) is 29.1 Å². The number of aromatic nitrogens is 2. The molecular weight excluding hydrogens is 399 g/mol. The molecule has 0 aliphatic rings. The van der Waals surface area contributed by atoms with Gasteiger partial charge in [-0.25, -0.2) is 14.2 Å². The number of esters is 1. The van der Waals surface area contributed by atoms with Crippen LogP contribution in [0.4, 0.5) is 10.1 Å². The SMILES string of the molecule is COC(=O)c1sc2nc(CN(C)CC(=O)Nc3ccc(F)cc3)[nH]c(=O)c2c1C. The minimum atomic E-state index is -0.513. The summed E-state index contributed by atoms with van der Waals surface area (Å²) in [6.45, 7) is 1.93. The van der Waals surface area contributed by atoms with Gasteiger partial charge in [-0.2, -0.15) is 0 Å². The number of carbonyl (C=O) groups is 2. The molecular formula is C19H19FN4O4S. The predicted molar refractivity (Wildman–Crippen MR) is 108 cm³/mol. The Morgan fingerprint density at radius 2 is 2.00 bits per heavy atom. The van der Waals surface area contributed by atoms with Gasteiger partial charge in [0.1, 0.15) is 21.3 Å². The Balaban J connectivity index is 1.72. The molecule has 2 N–H and O–H groups in total. The van der Waals surface area contributed by atoms with Crippen LogP contribution in [0.2, 0.25) is 0 Å². The summed E-state index contributed by atoms with van der Waals surface area (Å²) in [6, 6.07) is 5.46. The van der Waals surface area contributed by atoms with Crippen molar-refractivity contribution < 1.29 is 18.7 Å². The van der Waals surface area contributed by atoms with E-state index >= 15 is 0 Å². The van der Waals surface area contributed by atoms with Gasteiger partial charge < -0.3 is 15.0 Å². The van der Waals surface area contributed by atoms with Gasteiger partial charge in [0.2, 0.25) is 5.91 Å². The fourth-order valence-corrected chi connectivity index (χ4v) is 3.96. The Morgan fingerprint density at radius 1 is 1.31 bits per heavy atom. The number of benzene rings is 1. The maximum absolute atomic E-state index is 12.9. The molecule has 1 amide bonds. The summed E-state index contributed by atoms with van der Waals surface area (Å²) >= 11 is 1.09. The number of methoxy groups -OCH3 is 1. The molecule has 152 valence electrons. The summed E-state index contributed by atoms with van der Waals surface area (Å²) in [5.74, 6) is -0.814. The van der Waals surface area contributed by atoms with Gasteiger partial charge in [-0.3, -0.25) is 14.5 Å². The summed E-state index contributed by atoms with van der Waals surface area (Å²) < 4.78 is 17.7. The molecule has 0 saturated heterocycles. The number of aryl methyl sites for hydroxylation is 1. The molecule has 0 fully saturated rings. The number of carbonyl (C=O) groups excluding carboxylic acids is 2. The van der Waals surface area contributed by atoms with Crippen molar-refractivity contribution in [1.82, 2.24) is 14.9 Å². The van der Waals surface area contributed by atoms with Crippen molar-refractivity contribution in [2.45, 2.75) is 13.5 Å². The number of hydrogen-bond acceptors (Lipinski definition) is 7. The van der Waals surface area contributed by atoms with E-state index in [0.29, 0.717) is 32.2 Å². The third-order valence-electron chi connectivity index (χ3n) is 4.18. The first-order chi connectivity index (χ1) is 13.8. The van der Waals surface area contributed by atoms with Crippen LogP contribution in [0.25, 0.3) is 10.2 Å². The number of amides is 1. The molecule has 3 aromatic rings. The Kier molecular flexibility index (Phi) is 6.04. The van der Waals surface area contributed by atoms with Crippen molar-refractivity contribution in [2.75, 3.05) is 26.0 Å². The van der Waals surface area contributed by atoms with Gasteiger partial charge in [0.05, 0.1) is 25.6 Å². The standard InChI is InChI=1S/C19H19FN4O4S/c1-10-15-17(26)22-13(23-18(15)29-16(10)19(27)28-3)8-24(2)9-14(25)21-12-6-4-11(20)5-7-12/h4-7H,8-9H2,1-3H3,(H,21,25)(H,22,23,26). The van der Waals surface area contributed by atoms with E-state index in [1.54, 1.807) is 18.9 Å². The topological polar surface area (TPSA) is 104 Å². The monoisotopic (exact) mass is 418 g/mol. The number of nitrogens with one attached hydrogen (secondary N) is 2. The zero-order valence-electron chi connectivity index (χ0n) is 16.0. The van der Waals surface area contributed by atoms with Gasteiger partial charge in [-0.1, -0.05) is 0 Å². The molecule has 0 saturated carbocycles. The molecule has 0 aliphatic carbocycles. The fourth-order valence-electron chi connectivity index (χ4n) is 2.84. The van der Waals surface area contributed by atoms with Crippen molar-refractivity contribution in [3.8, 4) is 0 Å². The highest BCUT2D eigenvalue weighted by atomic mass is 32.1. The maximum atomic E-state index is 12.9. The summed E-state index contributed by atoms with van der Waals surface area (Å²) in [6.07, 6.45) is 0. The number of thiophene rings is 1. The van der Waals surface area contributed by atoms with E-state index in [4.69, 9.17) is 4.74 Å². The van der Waals surface area contributed by atoms with Crippen molar-refractivity contribution in [2.24, 2.45) is 0 Å². The third-order valence-corrected chi connectivity index (χ3v) is 5.35. The largest absolute Gasteiger partial charge is 0.465 e. The van der Waals surface area contributed by atoms with Crippen LogP contribution in [0.1, 0.15) is 21.1 Å². The zero-order valence-corrected chi connectivity index (χ0v) is 16.9. The Labute approximate surface area is 169 Å². The van der Waals surface area contributed by atoms with Gasteiger partial charge in [0, 0.05) is 5.69 Å². The first-order valence-electron chi connectivity index (χ1n) is 8.63. The molecule has 3 rings (SSSR count). The fraction of sp³-hybridized carbons (Fsp3) is 0.263. The predicted octanol–water partition coefficient (Wildman–Crippen LogP) is 2.29. The van der Waals surface area contributed by atoms with Gasteiger partial charge in [-0.15, -0.1) is 11.3 Å². The number of likely N-dealkylation sites (N-methyl/N-ethyl adjacent to an activating group) is 1. The average Bonchev–Trinajstić information content (AvgIpc) is 2.99. The lowest BCUT2D eigenvalue weighted by atomic mass is 10.2. The van der Waals surface area contributed by atoms with Crippen LogP contribution in [-0.4, -0.2) is 47.4 Å². The van der Waals surface area contributed by atoms with E-state index in [9.17, 15) is 18.8 Å². The molecule has 0 spiro atoms. The smallest absolute Gasteiger partial charge is 0.348 e. The van der Waals surface area contributed by atoms with Gasteiger partial charge in [0.25, 0.3) is 5.56 Å². The maximum Gasteiger partial charge on any atom is 0.348 e. The van der Waals surface area contributed by atoms with E-state index < -0.39 is 5.97 Å². The zero-order chi connectivity index (χ0) is 21.1. The molecule has 1 aromatic carbocycles. The number of nitrogens with zero attached hydrogens (tertiary/aromatic N) is 2. The van der Waals surface area contributed by atoms with Crippen LogP contribution in [-0.2, 0) is 16.1 Å². The van der Waals surface area contributed by atoms with E-state index in [1.165, 1.54) is 31.4 Å². The van der Waals surface area contributed by atoms with Crippen molar-refractivity contribution in [1.29, 1.82) is 0 Å². The lowest BCUT2D eigenvalue weighted by molar-refractivity contribution is -0.117. The molecule has 2 aromatic heterocycles. The number of rotatable bonds is 6. The van der Waals surface area contributed by atoms with Crippen LogP contribution in [0, 0.1) is 12.7 Å². The molecule has 0 bridgehead atoms. The molecule has 0 unspecified atom stereocenters. The molecule has 2 heterocycles. The van der Waals surface area contributed by atoms with Crippen molar-refractivity contribution in [3.63, 3.8) is 0 Å². The lowest BCUT2D eigenvalue weighted by Crippen LogP contribution is -2.31. The number of anilines is 1. The number of ether oxygens (including phenoxy) is 1. The highest BCUT2D eigenvalue weighted by molar-refractivity contribution is 7.20. The average molecular weight is 418 g/mol. The second-order valence-corrected chi connectivity index (χ2v) is 7.47. The molecule has 29 heavy (non-hydrogen) atoms. The Bertz CT molecular complexity index is 1120. The van der Waals surface area contributed by atoms with Crippen LogP contribution >= 0.6 is 11.3 Å². The first kappa shape index (κ1) is 20.6. The van der Waals surface area contributed by atoms with Crippen molar-refractivity contribution >= 4 is 39.1 Å². The summed E-state index contributed by atoms with van der Waals surface area (Å²) in [4.78, 5) is 46.0. The minimum absolute atomic E-state index is 0.0377. The molecule has 0 radical (unpaired) electrons. The number of aromatic amines is 1. The Hall–Kier alpha value is -3.11. The number of hydrogen-bond donors (Lipinski definition) is 2. The van der Waals surface area contributed by atoms with Gasteiger partial charge in [0.15, 0.2) is 0 Å². The van der Waals surface area contributed by atoms with E-state index in [1.807, 2.05) is 0 Å². The minimum Gasteiger partial charge on any atom is -0.465 e. The highest BCUT2D eigenvalue weighted by Gasteiger charge is 2.20.